The molecule has 2 bridgehead atoms. The van der Waals surface area contributed by atoms with E-state index < -0.39 is 18.2 Å². The van der Waals surface area contributed by atoms with E-state index >= 15 is 0 Å². The Labute approximate surface area is 82.1 Å². The second-order valence-corrected chi connectivity index (χ2v) is 3.88. The number of rotatable bonds is 2. The molecule has 5 nitrogen and oxygen atoms in total. The fourth-order valence-corrected chi connectivity index (χ4v) is 2.39. The minimum Gasteiger partial charge on any atom is -0.465 e. The van der Waals surface area contributed by atoms with Gasteiger partial charge in [-0.1, -0.05) is 0 Å². The molecule has 5 atom stereocenters. The zero-order valence-electron chi connectivity index (χ0n) is 8.01. The summed E-state index contributed by atoms with van der Waals surface area (Å²) in [6.45, 7) is 2.09. The third-order valence-corrected chi connectivity index (χ3v) is 3.09. The van der Waals surface area contributed by atoms with Crippen LogP contribution in [0.25, 0.3) is 0 Å². The minimum absolute atomic E-state index is 0.163. The molecule has 0 aromatic carbocycles. The third kappa shape index (κ3) is 1.32. The molecule has 3 N–H and O–H groups in total. The molecule has 2 rings (SSSR count). The number of carbonyl (C=O) groups excluding carboxylic acids is 1. The van der Waals surface area contributed by atoms with Gasteiger partial charge in [0.25, 0.3) is 0 Å². The summed E-state index contributed by atoms with van der Waals surface area (Å²) < 4.78 is 4.87. The summed E-state index contributed by atoms with van der Waals surface area (Å²) in [5, 5.41) is 22.0. The summed E-state index contributed by atoms with van der Waals surface area (Å²) in [4.78, 5) is 11.4. The molecule has 0 aromatic rings. The molecule has 14 heavy (non-hydrogen) atoms. The van der Waals surface area contributed by atoms with Crippen molar-refractivity contribution in [1.82, 2.24) is 5.32 Å². The molecular formula is C9H15NO4. The van der Waals surface area contributed by atoms with Gasteiger partial charge in [0.2, 0.25) is 0 Å². The van der Waals surface area contributed by atoms with Crippen LogP contribution in [0.4, 0.5) is 0 Å². The van der Waals surface area contributed by atoms with Gasteiger partial charge in [-0.3, -0.25) is 10.1 Å². The molecule has 1 saturated heterocycles. The highest BCUT2D eigenvalue weighted by Gasteiger charge is 2.54. The lowest BCUT2D eigenvalue weighted by Gasteiger charge is -2.29. The van der Waals surface area contributed by atoms with Crippen LogP contribution in [0, 0.1) is 5.92 Å². The first kappa shape index (κ1) is 9.89. The van der Waals surface area contributed by atoms with Crippen molar-refractivity contribution >= 4 is 5.97 Å². The van der Waals surface area contributed by atoms with Crippen molar-refractivity contribution in [2.75, 3.05) is 6.61 Å². The molecule has 1 saturated carbocycles. The quantitative estimate of drug-likeness (QED) is 0.480. The van der Waals surface area contributed by atoms with E-state index in [2.05, 4.69) is 5.32 Å². The van der Waals surface area contributed by atoms with Gasteiger partial charge in [0.15, 0.2) is 0 Å². The Kier molecular flexibility index (Phi) is 2.47. The van der Waals surface area contributed by atoms with Crippen molar-refractivity contribution in [3.8, 4) is 0 Å². The number of aliphatic hydroxyl groups is 2. The first-order valence-electron chi connectivity index (χ1n) is 4.94. The van der Waals surface area contributed by atoms with E-state index in [1.807, 2.05) is 0 Å². The maximum Gasteiger partial charge on any atom is 0.323 e. The van der Waals surface area contributed by atoms with Crippen LogP contribution in [0.5, 0.6) is 0 Å². The molecule has 2 fully saturated rings. The number of aliphatic hydroxyl groups excluding tert-OH is 2. The summed E-state index contributed by atoms with van der Waals surface area (Å²) >= 11 is 0. The lowest BCUT2D eigenvalue weighted by Crippen LogP contribution is -2.54. The van der Waals surface area contributed by atoms with E-state index in [1.54, 1.807) is 6.92 Å². The van der Waals surface area contributed by atoms with Gasteiger partial charge in [-0.05, 0) is 13.3 Å². The summed E-state index contributed by atoms with van der Waals surface area (Å²) in [6.07, 6.45) is -0.896. The van der Waals surface area contributed by atoms with Gasteiger partial charge in [-0.15, -0.1) is 0 Å². The van der Waals surface area contributed by atoms with Gasteiger partial charge in [-0.2, -0.15) is 0 Å². The zero-order chi connectivity index (χ0) is 10.3. The van der Waals surface area contributed by atoms with Crippen molar-refractivity contribution in [1.29, 1.82) is 0 Å². The second-order valence-electron chi connectivity index (χ2n) is 3.88. The lowest BCUT2D eigenvalue weighted by atomic mass is 9.96. The predicted octanol–water partition coefficient (Wildman–Crippen LogP) is -1.37. The first-order valence-corrected chi connectivity index (χ1v) is 4.94. The maximum absolute atomic E-state index is 11.4. The number of hydrogen-bond acceptors (Lipinski definition) is 5. The van der Waals surface area contributed by atoms with E-state index in [1.165, 1.54) is 0 Å². The van der Waals surface area contributed by atoms with E-state index in [0.717, 1.165) is 0 Å². The summed E-state index contributed by atoms with van der Waals surface area (Å²) in [6, 6.07) is -0.609. The number of ether oxygens (including phenoxy) is 1. The molecule has 1 heterocycles. The lowest BCUT2D eigenvalue weighted by molar-refractivity contribution is -0.149. The fraction of sp³-hybridized carbons (Fsp3) is 0.889. The first-order chi connectivity index (χ1) is 6.65. The number of fused-ring (bicyclic) bond motifs is 2. The van der Waals surface area contributed by atoms with Crippen molar-refractivity contribution in [3.05, 3.63) is 0 Å². The Morgan fingerprint density at radius 1 is 1.50 bits per heavy atom. The standard InChI is InChI=1S/C9H15NO4/c1-2-14-9(13)6-4-3-5(10-6)8(12)7(4)11/h4-8,10-12H,2-3H2,1H3/t4-,5-,6-,7-,8+/m0/s1. The molecule has 80 valence electrons. The van der Waals surface area contributed by atoms with Crippen LogP contribution in [-0.2, 0) is 9.53 Å². The van der Waals surface area contributed by atoms with Crippen molar-refractivity contribution < 1.29 is 19.7 Å². The smallest absolute Gasteiger partial charge is 0.323 e. The highest BCUT2D eigenvalue weighted by atomic mass is 16.5. The average Bonchev–Trinajstić information content (AvgIpc) is 2.68. The van der Waals surface area contributed by atoms with Gasteiger partial charge in [0.05, 0.1) is 18.8 Å². The van der Waals surface area contributed by atoms with Crippen LogP contribution in [0.2, 0.25) is 0 Å². The van der Waals surface area contributed by atoms with Gasteiger partial charge < -0.3 is 14.9 Å². The van der Waals surface area contributed by atoms with Crippen LogP contribution in [-0.4, -0.2) is 47.1 Å². The normalized spacial score (nSPS) is 45.5. The van der Waals surface area contributed by atoms with Gasteiger partial charge in [0, 0.05) is 12.0 Å². The molecule has 0 spiro atoms. The summed E-state index contributed by atoms with van der Waals surface area (Å²) in [5.41, 5.74) is 0. The SMILES string of the molecule is CCOC(=O)[C@H]1N[C@H]2C[C@@H]1[C@H](O)[C@@H]2O. The Hall–Kier alpha value is -0.650. The number of esters is 1. The second kappa shape index (κ2) is 3.49. The van der Waals surface area contributed by atoms with Crippen LogP contribution in [0.15, 0.2) is 0 Å². The molecule has 2 aliphatic rings. The zero-order valence-corrected chi connectivity index (χ0v) is 8.01. The highest BCUT2D eigenvalue weighted by Crippen LogP contribution is 2.36. The maximum atomic E-state index is 11.4. The van der Waals surface area contributed by atoms with Gasteiger partial charge in [-0.25, -0.2) is 0 Å². The minimum atomic E-state index is -0.796. The molecule has 0 amide bonds. The van der Waals surface area contributed by atoms with Crippen molar-refractivity contribution in [3.63, 3.8) is 0 Å². The highest BCUT2D eigenvalue weighted by molar-refractivity contribution is 5.77. The van der Waals surface area contributed by atoms with Gasteiger partial charge >= 0.3 is 5.97 Å². The Bertz CT molecular complexity index is 243. The van der Waals surface area contributed by atoms with E-state index in [9.17, 15) is 15.0 Å². The van der Waals surface area contributed by atoms with E-state index in [0.29, 0.717) is 13.0 Å². The topological polar surface area (TPSA) is 78.8 Å². The molecule has 1 aliphatic carbocycles. The number of hydrogen-bond donors (Lipinski definition) is 3. The number of piperidine rings is 1. The Balaban J connectivity index is 2.02. The summed E-state index contributed by atoms with van der Waals surface area (Å²) in [7, 11) is 0. The number of nitrogens with one attached hydrogen (secondary N) is 1. The molecule has 0 radical (unpaired) electrons. The van der Waals surface area contributed by atoms with Crippen LogP contribution < -0.4 is 5.32 Å². The number of carbonyl (C=O) groups is 1. The summed E-state index contributed by atoms with van der Waals surface area (Å²) in [5.74, 6) is -0.528. The molecule has 0 unspecified atom stereocenters. The van der Waals surface area contributed by atoms with Crippen molar-refractivity contribution in [2.24, 2.45) is 5.92 Å². The molecule has 5 heteroatoms. The third-order valence-electron chi connectivity index (χ3n) is 3.09. The fourth-order valence-electron chi connectivity index (χ4n) is 2.39. The molecule has 1 aliphatic heterocycles. The van der Waals surface area contributed by atoms with Crippen molar-refractivity contribution in [2.45, 2.75) is 37.6 Å². The predicted molar refractivity (Wildman–Crippen MR) is 47.5 cm³/mol. The van der Waals surface area contributed by atoms with Crippen LogP contribution in [0.1, 0.15) is 13.3 Å². The Morgan fingerprint density at radius 2 is 2.21 bits per heavy atom. The molecular weight excluding hydrogens is 186 g/mol. The van der Waals surface area contributed by atoms with Gasteiger partial charge in [0.1, 0.15) is 6.04 Å². The molecule has 0 aromatic heterocycles. The van der Waals surface area contributed by atoms with E-state index in [4.69, 9.17) is 4.74 Å². The van der Waals surface area contributed by atoms with Crippen LogP contribution in [0.3, 0.4) is 0 Å². The van der Waals surface area contributed by atoms with E-state index in [-0.39, 0.29) is 17.9 Å². The largest absolute Gasteiger partial charge is 0.465 e. The average molecular weight is 201 g/mol. The Morgan fingerprint density at radius 3 is 2.71 bits per heavy atom. The monoisotopic (exact) mass is 201 g/mol. The van der Waals surface area contributed by atoms with Crippen LogP contribution >= 0.6 is 0 Å².